The second-order valence-corrected chi connectivity index (χ2v) is 6.41. The van der Waals surface area contributed by atoms with Crippen LogP contribution >= 0.6 is 23.2 Å². The maximum Gasteiger partial charge on any atom is 0.257 e. The van der Waals surface area contributed by atoms with E-state index in [4.69, 9.17) is 32.7 Å². The molecule has 132 valence electrons. The molecule has 1 aliphatic heterocycles. The maximum atomic E-state index is 12.6. The quantitative estimate of drug-likeness (QED) is 0.867. The Morgan fingerprint density at radius 2 is 1.92 bits per heavy atom. The number of morpholine rings is 1. The number of benzene rings is 2. The molecule has 3 rings (SSSR count). The number of rotatable bonds is 4. The molecule has 0 aromatic heterocycles. The molecular formula is C18H18Cl2N2O3. The van der Waals surface area contributed by atoms with Gasteiger partial charge in [0, 0.05) is 23.8 Å². The summed E-state index contributed by atoms with van der Waals surface area (Å²) in [4.78, 5) is 14.8. The van der Waals surface area contributed by atoms with Gasteiger partial charge in [0.1, 0.15) is 5.75 Å². The van der Waals surface area contributed by atoms with Gasteiger partial charge in [-0.05, 0) is 36.4 Å². The van der Waals surface area contributed by atoms with E-state index in [0.717, 1.165) is 18.8 Å². The second-order valence-electron chi connectivity index (χ2n) is 5.56. The Balaban J connectivity index is 1.85. The van der Waals surface area contributed by atoms with Crippen LogP contribution in [0.25, 0.3) is 0 Å². The highest BCUT2D eigenvalue weighted by molar-refractivity contribution is 6.37. The average Bonchev–Trinajstić information content (AvgIpc) is 2.62. The molecule has 0 atom stereocenters. The van der Waals surface area contributed by atoms with Crippen molar-refractivity contribution in [3.05, 3.63) is 52.0 Å². The van der Waals surface area contributed by atoms with Crippen molar-refractivity contribution < 1.29 is 14.3 Å². The summed E-state index contributed by atoms with van der Waals surface area (Å²) < 4.78 is 10.7. The summed E-state index contributed by atoms with van der Waals surface area (Å²) in [5, 5.41) is 3.65. The van der Waals surface area contributed by atoms with Gasteiger partial charge in [-0.15, -0.1) is 0 Å². The number of nitrogens with one attached hydrogen (secondary N) is 1. The molecule has 0 aliphatic carbocycles. The predicted octanol–water partition coefficient (Wildman–Crippen LogP) is 4.09. The lowest BCUT2D eigenvalue weighted by Crippen LogP contribution is -2.36. The fourth-order valence-corrected chi connectivity index (χ4v) is 3.17. The first-order valence-electron chi connectivity index (χ1n) is 7.85. The van der Waals surface area contributed by atoms with E-state index in [1.54, 1.807) is 25.3 Å². The van der Waals surface area contributed by atoms with Crippen molar-refractivity contribution in [3.63, 3.8) is 0 Å². The monoisotopic (exact) mass is 380 g/mol. The number of hydrogen-bond acceptors (Lipinski definition) is 4. The zero-order valence-corrected chi connectivity index (χ0v) is 15.2. The minimum absolute atomic E-state index is 0.299. The number of nitrogens with zero attached hydrogens (tertiary/aromatic N) is 1. The highest BCUT2D eigenvalue weighted by Gasteiger charge is 2.17. The Bertz CT molecular complexity index is 777. The van der Waals surface area contributed by atoms with Crippen molar-refractivity contribution in [2.45, 2.75) is 0 Å². The first-order valence-corrected chi connectivity index (χ1v) is 8.61. The third-order valence-corrected chi connectivity index (χ3v) is 4.53. The average molecular weight is 381 g/mol. The fourth-order valence-electron chi connectivity index (χ4n) is 2.68. The van der Waals surface area contributed by atoms with Crippen molar-refractivity contribution in [3.8, 4) is 5.75 Å². The van der Waals surface area contributed by atoms with Crippen molar-refractivity contribution in [1.82, 2.24) is 0 Å². The van der Waals surface area contributed by atoms with E-state index in [2.05, 4.69) is 10.2 Å². The van der Waals surface area contributed by atoms with Crippen LogP contribution in [0.4, 0.5) is 11.4 Å². The van der Waals surface area contributed by atoms with Crippen molar-refractivity contribution in [2.24, 2.45) is 0 Å². The molecule has 1 N–H and O–H groups in total. The number of ether oxygens (including phenoxy) is 2. The Kier molecular flexibility index (Phi) is 5.68. The van der Waals surface area contributed by atoms with E-state index in [1.165, 1.54) is 0 Å². The van der Waals surface area contributed by atoms with E-state index >= 15 is 0 Å². The SMILES string of the molecule is COc1ccc(N2CCOCC2)cc1NC(=O)c1ccc(Cl)cc1Cl. The summed E-state index contributed by atoms with van der Waals surface area (Å²) in [7, 11) is 1.56. The van der Waals surface area contributed by atoms with Crippen LogP contribution < -0.4 is 15.0 Å². The molecule has 1 saturated heterocycles. The zero-order valence-electron chi connectivity index (χ0n) is 13.7. The fraction of sp³-hybridized carbons (Fsp3) is 0.278. The number of halogens is 2. The summed E-state index contributed by atoms with van der Waals surface area (Å²) >= 11 is 12.0. The molecule has 0 radical (unpaired) electrons. The molecule has 1 amide bonds. The number of carbonyl (C=O) groups is 1. The van der Waals surface area contributed by atoms with Crippen LogP contribution in [0.1, 0.15) is 10.4 Å². The number of amides is 1. The molecule has 0 spiro atoms. The summed E-state index contributed by atoms with van der Waals surface area (Å²) in [6.45, 7) is 2.99. The Morgan fingerprint density at radius 1 is 1.16 bits per heavy atom. The third kappa shape index (κ3) is 4.18. The minimum Gasteiger partial charge on any atom is -0.495 e. The van der Waals surface area contributed by atoms with Crippen molar-refractivity contribution >= 4 is 40.5 Å². The van der Waals surface area contributed by atoms with Gasteiger partial charge < -0.3 is 19.7 Å². The molecule has 1 heterocycles. The molecule has 5 nitrogen and oxygen atoms in total. The Labute approximate surface area is 156 Å². The smallest absolute Gasteiger partial charge is 0.257 e. The molecule has 7 heteroatoms. The summed E-state index contributed by atoms with van der Waals surface area (Å²) in [5.41, 5.74) is 1.94. The highest BCUT2D eigenvalue weighted by Crippen LogP contribution is 2.31. The Hall–Kier alpha value is -1.95. The van der Waals surface area contributed by atoms with Gasteiger partial charge in [0.25, 0.3) is 5.91 Å². The number of hydrogen-bond donors (Lipinski definition) is 1. The largest absolute Gasteiger partial charge is 0.495 e. The van der Waals surface area contributed by atoms with Crippen LogP contribution in [0.5, 0.6) is 5.75 Å². The predicted molar refractivity (Wildman–Crippen MR) is 100 cm³/mol. The van der Waals surface area contributed by atoms with Gasteiger partial charge in [-0.1, -0.05) is 23.2 Å². The van der Waals surface area contributed by atoms with Crippen LogP contribution in [0.3, 0.4) is 0 Å². The van der Waals surface area contributed by atoms with Crippen LogP contribution in [0, 0.1) is 0 Å². The lowest BCUT2D eigenvalue weighted by atomic mass is 10.2. The summed E-state index contributed by atoms with van der Waals surface area (Å²) in [5.74, 6) is 0.259. The van der Waals surface area contributed by atoms with Crippen LogP contribution in [-0.2, 0) is 4.74 Å². The van der Waals surface area contributed by atoms with E-state index in [9.17, 15) is 4.79 Å². The first-order chi connectivity index (χ1) is 12.1. The van der Waals surface area contributed by atoms with Crippen LogP contribution in [0.15, 0.2) is 36.4 Å². The second kappa shape index (κ2) is 7.95. The molecule has 0 unspecified atom stereocenters. The standard InChI is InChI=1S/C18H18Cl2N2O3/c1-24-17-5-3-13(22-6-8-25-9-7-22)11-16(17)21-18(23)14-4-2-12(19)10-15(14)20/h2-5,10-11H,6-9H2,1H3,(H,21,23). The van der Waals surface area contributed by atoms with Crippen LogP contribution in [0.2, 0.25) is 10.0 Å². The third-order valence-electron chi connectivity index (χ3n) is 3.98. The molecule has 25 heavy (non-hydrogen) atoms. The van der Waals surface area contributed by atoms with E-state index < -0.39 is 0 Å². The van der Waals surface area contributed by atoms with Gasteiger partial charge in [-0.3, -0.25) is 4.79 Å². The van der Waals surface area contributed by atoms with E-state index in [1.807, 2.05) is 18.2 Å². The van der Waals surface area contributed by atoms with Crippen molar-refractivity contribution in [2.75, 3.05) is 43.6 Å². The lowest BCUT2D eigenvalue weighted by molar-refractivity contribution is 0.102. The number of carbonyl (C=O) groups excluding carboxylic acids is 1. The minimum atomic E-state index is -0.320. The molecule has 2 aromatic rings. The summed E-state index contributed by atoms with van der Waals surface area (Å²) in [6.07, 6.45) is 0. The molecule has 0 saturated carbocycles. The van der Waals surface area contributed by atoms with E-state index in [0.29, 0.717) is 40.3 Å². The van der Waals surface area contributed by atoms with Gasteiger partial charge in [-0.25, -0.2) is 0 Å². The van der Waals surface area contributed by atoms with Crippen LogP contribution in [-0.4, -0.2) is 39.3 Å². The van der Waals surface area contributed by atoms with Gasteiger partial charge in [0.15, 0.2) is 0 Å². The van der Waals surface area contributed by atoms with E-state index in [-0.39, 0.29) is 5.91 Å². The van der Waals surface area contributed by atoms with Gasteiger partial charge in [0.2, 0.25) is 0 Å². The topological polar surface area (TPSA) is 50.8 Å². The number of anilines is 2. The normalized spacial score (nSPS) is 14.3. The summed E-state index contributed by atoms with van der Waals surface area (Å²) in [6, 6.07) is 10.5. The lowest BCUT2D eigenvalue weighted by Gasteiger charge is -2.29. The zero-order chi connectivity index (χ0) is 17.8. The van der Waals surface area contributed by atoms with Gasteiger partial charge in [-0.2, -0.15) is 0 Å². The number of methoxy groups -OCH3 is 1. The maximum absolute atomic E-state index is 12.6. The van der Waals surface area contributed by atoms with Crippen molar-refractivity contribution in [1.29, 1.82) is 0 Å². The molecule has 1 fully saturated rings. The van der Waals surface area contributed by atoms with Gasteiger partial charge >= 0.3 is 0 Å². The Morgan fingerprint density at radius 3 is 2.60 bits per heavy atom. The first kappa shape index (κ1) is 17.9. The highest BCUT2D eigenvalue weighted by atomic mass is 35.5. The van der Waals surface area contributed by atoms with Gasteiger partial charge in [0.05, 0.1) is 36.6 Å². The molecular weight excluding hydrogens is 363 g/mol. The molecule has 2 aromatic carbocycles. The molecule has 1 aliphatic rings. The molecule has 0 bridgehead atoms.